The fourth-order valence-electron chi connectivity index (χ4n) is 1.49. The van der Waals surface area contributed by atoms with Crippen LogP contribution in [0.1, 0.15) is 21.5 Å². The molecule has 88 valence electrons. The predicted octanol–water partition coefficient (Wildman–Crippen LogP) is 3.59. The number of hydrogen-bond donors (Lipinski definition) is 1. The van der Waals surface area contributed by atoms with Gasteiger partial charge < -0.3 is 5.32 Å². The summed E-state index contributed by atoms with van der Waals surface area (Å²) in [6.07, 6.45) is 0. The van der Waals surface area contributed by atoms with Crippen LogP contribution in [0, 0.1) is 10.5 Å². The smallest absolute Gasteiger partial charge is 0.252 e. The number of nitrogens with one attached hydrogen (secondary N) is 1. The van der Waals surface area contributed by atoms with Crippen molar-refractivity contribution in [1.82, 2.24) is 5.32 Å². The van der Waals surface area contributed by atoms with Crippen LogP contribution in [0.4, 0.5) is 0 Å². The van der Waals surface area contributed by atoms with E-state index in [0.717, 1.165) is 20.3 Å². The maximum atomic E-state index is 12.0. The van der Waals surface area contributed by atoms with E-state index in [1.165, 1.54) is 0 Å². The number of hydrogen-bond acceptors (Lipinski definition) is 2. The molecule has 17 heavy (non-hydrogen) atoms. The highest BCUT2D eigenvalue weighted by Crippen LogP contribution is 2.16. The molecule has 2 aromatic rings. The highest BCUT2D eigenvalue weighted by atomic mass is 127. The third-order valence-corrected chi connectivity index (χ3v) is 4.63. The first-order valence-corrected chi connectivity index (χ1v) is 7.25. The number of thiophene rings is 1. The second-order valence-corrected chi connectivity index (χ2v) is 5.61. The molecule has 0 spiro atoms. The number of carbonyl (C=O) groups excluding carboxylic acids is 1. The summed E-state index contributed by atoms with van der Waals surface area (Å²) >= 11 is 3.85. The van der Waals surface area contributed by atoms with E-state index in [0.29, 0.717) is 6.54 Å². The van der Waals surface area contributed by atoms with E-state index in [1.807, 2.05) is 41.9 Å². The molecule has 2 nitrogen and oxygen atoms in total. The van der Waals surface area contributed by atoms with Crippen LogP contribution in [0.15, 0.2) is 35.0 Å². The molecule has 0 unspecified atom stereocenters. The van der Waals surface area contributed by atoms with Crippen molar-refractivity contribution in [2.75, 3.05) is 0 Å². The minimum absolute atomic E-state index is 0.00991. The van der Waals surface area contributed by atoms with Gasteiger partial charge in [0.1, 0.15) is 0 Å². The Morgan fingerprint density at radius 3 is 2.94 bits per heavy atom. The Hall–Kier alpha value is -0.880. The lowest BCUT2D eigenvalue weighted by molar-refractivity contribution is 0.0950. The summed E-state index contributed by atoms with van der Waals surface area (Å²) in [7, 11) is 0. The first-order valence-electron chi connectivity index (χ1n) is 5.23. The molecule has 2 rings (SSSR count). The number of benzene rings is 1. The molecule has 0 atom stereocenters. The summed E-state index contributed by atoms with van der Waals surface area (Å²) in [5.74, 6) is -0.00991. The van der Waals surface area contributed by atoms with Crippen LogP contribution < -0.4 is 5.32 Å². The second-order valence-electron chi connectivity index (χ2n) is 3.75. The Morgan fingerprint density at radius 2 is 2.24 bits per heavy atom. The summed E-state index contributed by atoms with van der Waals surface area (Å²) in [4.78, 5) is 12.0. The van der Waals surface area contributed by atoms with Crippen LogP contribution in [-0.2, 0) is 6.54 Å². The SMILES string of the molecule is Cc1cccc(C(=O)NCc2ccsc2)c1I. The molecule has 1 heterocycles. The van der Waals surface area contributed by atoms with Gasteiger partial charge in [0.2, 0.25) is 0 Å². The normalized spacial score (nSPS) is 10.2. The molecule has 1 amide bonds. The molecule has 0 aliphatic rings. The second kappa shape index (κ2) is 5.64. The van der Waals surface area contributed by atoms with E-state index in [2.05, 4.69) is 27.9 Å². The van der Waals surface area contributed by atoms with Gasteiger partial charge in [-0.15, -0.1) is 0 Å². The number of amides is 1. The summed E-state index contributed by atoms with van der Waals surface area (Å²) in [6.45, 7) is 2.60. The summed E-state index contributed by atoms with van der Waals surface area (Å²) in [5, 5.41) is 6.99. The predicted molar refractivity (Wildman–Crippen MR) is 79.4 cm³/mol. The van der Waals surface area contributed by atoms with E-state index in [1.54, 1.807) is 11.3 Å². The van der Waals surface area contributed by atoms with Crippen molar-refractivity contribution in [2.24, 2.45) is 0 Å². The van der Waals surface area contributed by atoms with Crippen molar-refractivity contribution in [1.29, 1.82) is 0 Å². The van der Waals surface area contributed by atoms with Gasteiger partial charge in [0.25, 0.3) is 5.91 Å². The fraction of sp³-hybridized carbons (Fsp3) is 0.154. The molecular formula is C13H12INOS. The van der Waals surface area contributed by atoms with Gasteiger partial charge in [0.15, 0.2) is 0 Å². The third-order valence-electron chi connectivity index (χ3n) is 2.47. The summed E-state index contributed by atoms with van der Waals surface area (Å²) in [6, 6.07) is 7.80. The lowest BCUT2D eigenvalue weighted by Gasteiger charge is -2.07. The highest BCUT2D eigenvalue weighted by molar-refractivity contribution is 14.1. The van der Waals surface area contributed by atoms with E-state index in [9.17, 15) is 4.79 Å². The maximum absolute atomic E-state index is 12.0. The molecule has 4 heteroatoms. The molecule has 0 radical (unpaired) electrons. The average molecular weight is 357 g/mol. The van der Waals surface area contributed by atoms with Gasteiger partial charge in [-0.25, -0.2) is 0 Å². The number of carbonyl (C=O) groups is 1. The third kappa shape index (κ3) is 3.07. The quantitative estimate of drug-likeness (QED) is 0.836. The van der Waals surface area contributed by atoms with Crippen molar-refractivity contribution < 1.29 is 4.79 Å². The van der Waals surface area contributed by atoms with Gasteiger partial charge in [0, 0.05) is 10.1 Å². The minimum atomic E-state index is -0.00991. The Kier molecular flexibility index (Phi) is 4.17. The summed E-state index contributed by atoms with van der Waals surface area (Å²) < 4.78 is 1.02. The zero-order chi connectivity index (χ0) is 12.3. The van der Waals surface area contributed by atoms with E-state index < -0.39 is 0 Å². The van der Waals surface area contributed by atoms with Crippen molar-refractivity contribution >= 4 is 39.8 Å². The van der Waals surface area contributed by atoms with Crippen LogP contribution in [0.25, 0.3) is 0 Å². The van der Waals surface area contributed by atoms with Crippen LogP contribution in [0.2, 0.25) is 0 Å². The molecule has 1 aromatic heterocycles. The molecule has 0 aliphatic heterocycles. The molecule has 0 saturated heterocycles. The lowest BCUT2D eigenvalue weighted by atomic mass is 10.1. The first-order chi connectivity index (χ1) is 8.18. The Balaban J connectivity index is 2.07. The van der Waals surface area contributed by atoms with Crippen molar-refractivity contribution in [3.63, 3.8) is 0 Å². The monoisotopic (exact) mass is 357 g/mol. The van der Waals surface area contributed by atoms with Gasteiger partial charge in [0.05, 0.1) is 5.56 Å². The molecule has 1 aromatic carbocycles. The topological polar surface area (TPSA) is 29.1 Å². The molecule has 0 bridgehead atoms. The lowest BCUT2D eigenvalue weighted by Crippen LogP contribution is -2.23. The molecule has 0 fully saturated rings. The largest absolute Gasteiger partial charge is 0.348 e. The van der Waals surface area contributed by atoms with Gasteiger partial charge in [-0.1, -0.05) is 12.1 Å². The van der Waals surface area contributed by atoms with E-state index >= 15 is 0 Å². The van der Waals surface area contributed by atoms with Crippen molar-refractivity contribution in [2.45, 2.75) is 13.5 Å². The molecule has 0 saturated carbocycles. The zero-order valence-corrected chi connectivity index (χ0v) is 12.3. The molecule has 1 N–H and O–H groups in total. The van der Waals surface area contributed by atoms with Gasteiger partial charge in [-0.3, -0.25) is 4.79 Å². The minimum Gasteiger partial charge on any atom is -0.348 e. The number of aryl methyl sites for hydroxylation is 1. The molecule has 0 aliphatic carbocycles. The van der Waals surface area contributed by atoms with Gasteiger partial charge in [-0.05, 0) is 63.5 Å². The van der Waals surface area contributed by atoms with Crippen LogP contribution >= 0.6 is 33.9 Å². The van der Waals surface area contributed by atoms with Crippen LogP contribution in [0.5, 0.6) is 0 Å². The van der Waals surface area contributed by atoms with E-state index in [4.69, 9.17) is 0 Å². The Bertz CT molecular complexity index is 522. The number of rotatable bonds is 3. The highest BCUT2D eigenvalue weighted by Gasteiger charge is 2.10. The van der Waals surface area contributed by atoms with Crippen molar-refractivity contribution in [3.05, 3.63) is 55.3 Å². The maximum Gasteiger partial charge on any atom is 0.252 e. The zero-order valence-electron chi connectivity index (χ0n) is 9.37. The first kappa shape index (κ1) is 12.6. The molecular weight excluding hydrogens is 345 g/mol. The van der Waals surface area contributed by atoms with Gasteiger partial charge in [-0.2, -0.15) is 11.3 Å². The van der Waals surface area contributed by atoms with Crippen LogP contribution in [0.3, 0.4) is 0 Å². The standard InChI is InChI=1S/C13H12INOS/c1-9-3-2-4-11(12(9)14)13(16)15-7-10-5-6-17-8-10/h2-6,8H,7H2,1H3,(H,15,16). The fourth-order valence-corrected chi connectivity index (χ4v) is 2.77. The average Bonchev–Trinajstić information content (AvgIpc) is 2.82. The Labute approximate surface area is 118 Å². The number of halogens is 1. The van der Waals surface area contributed by atoms with Crippen molar-refractivity contribution in [3.8, 4) is 0 Å². The van der Waals surface area contributed by atoms with Gasteiger partial charge >= 0.3 is 0 Å². The van der Waals surface area contributed by atoms with Crippen LogP contribution in [-0.4, -0.2) is 5.91 Å². The Morgan fingerprint density at radius 1 is 1.41 bits per heavy atom. The summed E-state index contributed by atoms with van der Waals surface area (Å²) in [5.41, 5.74) is 3.03. The van der Waals surface area contributed by atoms with E-state index in [-0.39, 0.29) is 5.91 Å².